The second-order valence-electron chi connectivity index (χ2n) is 7.81. The fourth-order valence-corrected chi connectivity index (χ4v) is 4.07. The van der Waals surface area contributed by atoms with Crippen molar-refractivity contribution in [3.8, 4) is 16.3 Å². The molecule has 0 spiro atoms. The van der Waals surface area contributed by atoms with Gasteiger partial charge in [0.1, 0.15) is 23.1 Å². The Morgan fingerprint density at radius 3 is 2.38 bits per heavy atom. The van der Waals surface area contributed by atoms with E-state index in [1.807, 2.05) is 31.2 Å². The molecule has 1 heterocycles. The first-order valence-corrected chi connectivity index (χ1v) is 11.3. The van der Waals surface area contributed by atoms with Gasteiger partial charge in [0.25, 0.3) is 5.91 Å². The van der Waals surface area contributed by atoms with Crippen molar-refractivity contribution in [3.63, 3.8) is 0 Å². The number of carbonyl (C=O) groups excluding carboxylic acids is 1. The van der Waals surface area contributed by atoms with E-state index in [1.165, 1.54) is 34.6 Å². The topological polar surface area (TPSA) is 51.2 Å². The van der Waals surface area contributed by atoms with E-state index in [2.05, 4.69) is 35.4 Å². The van der Waals surface area contributed by atoms with Gasteiger partial charge in [-0.05, 0) is 73.5 Å². The van der Waals surface area contributed by atoms with Crippen LogP contribution in [0.25, 0.3) is 10.6 Å². The number of amides is 1. The van der Waals surface area contributed by atoms with Crippen molar-refractivity contribution in [2.75, 3.05) is 5.32 Å². The third-order valence-electron chi connectivity index (χ3n) is 5.21. The maximum Gasteiger partial charge on any atom is 0.416 e. The number of benzene rings is 3. The minimum atomic E-state index is -4.42. The van der Waals surface area contributed by atoms with Crippen LogP contribution < -0.4 is 10.1 Å². The van der Waals surface area contributed by atoms with Crippen molar-refractivity contribution in [2.45, 2.75) is 26.6 Å². The molecule has 0 atom stereocenters. The van der Waals surface area contributed by atoms with Crippen LogP contribution in [-0.2, 0) is 12.8 Å². The standard InChI is InChI=1S/C26H21F3N2O2S/c1-16-3-4-17(2)19(13-16)14-33-22-11-5-18(6-12-22)25-31-23(15-34-25)24(32)30-21-9-7-20(8-10-21)26(27,28)29/h3-13,15H,14H2,1-2H3,(H,30,32). The number of halogens is 3. The number of aryl methyl sites for hydroxylation is 2. The van der Waals surface area contributed by atoms with Crippen molar-refractivity contribution in [1.29, 1.82) is 0 Å². The highest BCUT2D eigenvalue weighted by atomic mass is 32.1. The van der Waals surface area contributed by atoms with Crippen molar-refractivity contribution in [2.24, 2.45) is 0 Å². The summed E-state index contributed by atoms with van der Waals surface area (Å²) >= 11 is 1.31. The van der Waals surface area contributed by atoms with E-state index in [-0.39, 0.29) is 11.4 Å². The molecular weight excluding hydrogens is 461 g/mol. The SMILES string of the molecule is Cc1ccc(C)c(COc2ccc(-c3nc(C(=O)Nc4ccc(C(F)(F)F)cc4)cs3)cc2)c1. The molecule has 8 heteroatoms. The summed E-state index contributed by atoms with van der Waals surface area (Å²) < 4.78 is 44.0. The number of aromatic nitrogens is 1. The number of hydrogen-bond donors (Lipinski definition) is 1. The largest absolute Gasteiger partial charge is 0.489 e. The summed E-state index contributed by atoms with van der Waals surface area (Å²) in [5, 5.41) is 4.83. The summed E-state index contributed by atoms with van der Waals surface area (Å²) in [6, 6.07) is 18.0. The Morgan fingerprint density at radius 2 is 1.71 bits per heavy atom. The van der Waals surface area contributed by atoms with Crippen molar-refractivity contribution >= 4 is 22.9 Å². The van der Waals surface area contributed by atoms with Gasteiger partial charge in [-0.2, -0.15) is 13.2 Å². The molecule has 0 saturated heterocycles. The Morgan fingerprint density at radius 1 is 1.00 bits per heavy atom. The van der Waals surface area contributed by atoms with Gasteiger partial charge in [-0.1, -0.05) is 23.8 Å². The first-order valence-electron chi connectivity index (χ1n) is 10.4. The summed E-state index contributed by atoms with van der Waals surface area (Å²) in [7, 11) is 0. The number of nitrogens with one attached hydrogen (secondary N) is 1. The highest BCUT2D eigenvalue weighted by molar-refractivity contribution is 7.13. The van der Waals surface area contributed by atoms with E-state index in [0.717, 1.165) is 29.0 Å². The predicted molar refractivity (Wildman–Crippen MR) is 127 cm³/mol. The molecule has 4 nitrogen and oxygen atoms in total. The molecule has 4 aromatic rings. The smallest absolute Gasteiger partial charge is 0.416 e. The summed E-state index contributed by atoms with van der Waals surface area (Å²) in [4.78, 5) is 16.8. The second-order valence-corrected chi connectivity index (χ2v) is 8.67. The summed E-state index contributed by atoms with van der Waals surface area (Å²) in [5.41, 5.74) is 4.00. The molecule has 34 heavy (non-hydrogen) atoms. The van der Waals surface area contributed by atoms with Gasteiger partial charge in [0.15, 0.2) is 0 Å². The molecule has 0 bridgehead atoms. The van der Waals surface area contributed by atoms with Gasteiger partial charge in [0.05, 0.1) is 5.56 Å². The molecule has 1 amide bonds. The van der Waals surface area contributed by atoms with Crippen LogP contribution in [0.1, 0.15) is 32.7 Å². The van der Waals surface area contributed by atoms with E-state index in [9.17, 15) is 18.0 Å². The Hall–Kier alpha value is -3.65. The van der Waals surface area contributed by atoms with Crippen molar-refractivity contribution < 1.29 is 22.7 Å². The number of hydrogen-bond acceptors (Lipinski definition) is 4. The van der Waals surface area contributed by atoms with Gasteiger partial charge in [-0.25, -0.2) is 4.98 Å². The van der Waals surface area contributed by atoms with Crippen LogP contribution >= 0.6 is 11.3 Å². The third-order valence-corrected chi connectivity index (χ3v) is 6.10. The highest BCUT2D eigenvalue weighted by Crippen LogP contribution is 2.30. The van der Waals surface area contributed by atoms with E-state index in [4.69, 9.17) is 4.74 Å². The van der Waals surface area contributed by atoms with Crippen molar-refractivity contribution in [3.05, 3.63) is 100 Å². The van der Waals surface area contributed by atoms with Gasteiger partial charge in [0.2, 0.25) is 0 Å². The average Bonchev–Trinajstić information content (AvgIpc) is 3.30. The molecule has 174 valence electrons. The molecule has 1 N–H and O–H groups in total. The monoisotopic (exact) mass is 482 g/mol. The molecule has 0 aliphatic heterocycles. The summed E-state index contributed by atoms with van der Waals surface area (Å²) in [5.74, 6) is 0.234. The predicted octanol–water partition coefficient (Wildman–Crippen LogP) is 7.28. The van der Waals surface area contributed by atoms with Gasteiger partial charge >= 0.3 is 6.18 Å². The van der Waals surface area contributed by atoms with E-state index < -0.39 is 17.6 Å². The molecule has 4 rings (SSSR count). The molecule has 0 aliphatic carbocycles. The van der Waals surface area contributed by atoms with Crippen LogP contribution in [0, 0.1) is 13.8 Å². The van der Waals surface area contributed by atoms with Gasteiger partial charge < -0.3 is 10.1 Å². The lowest BCUT2D eigenvalue weighted by Gasteiger charge is -2.10. The van der Waals surface area contributed by atoms with Crippen LogP contribution in [0.4, 0.5) is 18.9 Å². The van der Waals surface area contributed by atoms with Crippen LogP contribution in [0.5, 0.6) is 5.75 Å². The summed E-state index contributed by atoms with van der Waals surface area (Å²) in [6.07, 6.45) is -4.42. The maximum absolute atomic E-state index is 12.7. The Bertz CT molecular complexity index is 1300. The fraction of sp³-hybridized carbons (Fsp3) is 0.154. The lowest BCUT2D eigenvalue weighted by atomic mass is 10.1. The van der Waals surface area contributed by atoms with Crippen LogP contribution in [-0.4, -0.2) is 10.9 Å². The number of nitrogens with zero attached hydrogens (tertiary/aromatic N) is 1. The van der Waals surface area contributed by atoms with Crippen LogP contribution in [0.3, 0.4) is 0 Å². The Labute approximate surface area is 199 Å². The van der Waals surface area contributed by atoms with Crippen LogP contribution in [0.2, 0.25) is 0 Å². The number of carbonyl (C=O) groups is 1. The lowest BCUT2D eigenvalue weighted by Crippen LogP contribution is -2.12. The van der Waals surface area contributed by atoms with Crippen molar-refractivity contribution in [1.82, 2.24) is 4.98 Å². The molecule has 3 aromatic carbocycles. The number of ether oxygens (including phenoxy) is 1. The Balaban J connectivity index is 1.38. The lowest BCUT2D eigenvalue weighted by molar-refractivity contribution is -0.137. The molecule has 1 aromatic heterocycles. The van der Waals surface area contributed by atoms with Gasteiger partial charge in [-0.3, -0.25) is 4.79 Å². The molecule has 0 saturated carbocycles. The van der Waals surface area contributed by atoms with Crippen LogP contribution in [0.15, 0.2) is 72.1 Å². The number of rotatable bonds is 6. The number of thiazole rings is 1. The second kappa shape index (κ2) is 9.69. The minimum Gasteiger partial charge on any atom is -0.489 e. The number of alkyl halides is 3. The van der Waals surface area contributed by atoms with Gasteiger partial charge in [0, 0.05) is 16.6 Å². The quantitative estimate of drug-likeness (QED) is 0.314. The van der Waals surface area contributed by atoms with E-state index in [1.54, 1.807) is 5.38 Å². The molecular formula is C26H21F3N2O2S. The molecule has 0 radical (unpaired) electrons. The molecule has 0 aliphatic rings. The third kappa shape index (κ3) is 5.63. The zero-order chi connectivity index (χ0) is 24.3. The molecule has 0 fully saturated rings. The fourth-order valence-electron chi connectivity index (χ4n) is 3.26. The molecule has 0 unspecified atom stereocenters. The van der Waals surface area contributed by atoms with E-state index in [0.29, 0.717) is 11.6 Å². The summed E-state index contributed by atoms with van der Waals surface area (Å²) in [6.45, 7) is 4.57. The minimum absolute atomic E-state index is 0.190. The highest BCUT2D eigenvalue weighted by Gasteiger charge is 2.30. The van der Waals surface area contributed by atoms with E-state index >= 15 is 0 Å². The Kier molecular flexibility index (Phi) is 6.70. The zero-order valence-electron chi connectivity index (χ0n) is 18.4. The first-order chi connectivity index (χ1) is 16.2. The zero-order valence-corrected chi connectivity index (χ0v) is 19.3. The van der Waals surface area contributed by atoms with Gasteiger partial charge in [-0.15, -0.1) is 11.3 Å². The maximum atomic E-state index is 12.7. The first kappa shape index (κ1) is 23.5. The number of anilines is 1. The normalized spacial score (nSPS) is 11.3. The average molecular weight is 483 g/mol.